The van der Waals surface area contributed by atoms with E-state index in [1.807, 2.05) is 12.5 Å². The molecule has 2 aromatic rings. The molecule has 0 aliphatic rings. The van der Waals surface area contributed by atoms with Crippen molar-refractivity contribution in [3.8, 4) is 0 Å². The van der Waals surface area contributed by atoms with E-state index in [0.717, 1.165) is 12.2 Å². The van der Waals surface area contributed by atoms with Crippen LogP contribution in [0.25, 0.3) is 0 Å². The lowest BCUT2D eigenvalue weighted by Gasteiger charge is -2.14. The first-order valence-electron chi connectivity index (χ1n) is 5.56. The van der Waals surface area contributed by atoms with E-state index in [4.69, 9.17) is 4.42 Å². The maximum atomic E-state index is 5.00. The number of hydrogen-bond donors (Lipinski definition) is 0. The highest BCUT2D eigenvalue weighted by Crippen LogP contribution is 2.19. The van der Waals surface area contributed by atoms with Gasteiger partial charge in [-0.3, -0.25) is 0 Å². The molecule has 86 valence electrons. The first-order chi connectivity index (χ1) is 7.68. The molecule has 16 heavy (non-hydrogen) atoms. The zero-order valence-corrected chi connectivity index (χ0v) is 9.92. The van der Waals surface area contributed by atoms with E-state index in [2.05, 4.69) is 35.3 Å². The summed E-state index contributed by atoms with van der Waals surface area (Å²) < 4.78 is 7.18. The minimum Gasteiger partial charge on any atom is -0.451 e. The molecule has 0 radical (unpaired) electrons. The molecular weight excluding hydrogens is 202 g/mol. The molecular formula is C12H17N3O. The third kappa shape index (κ3) is 2.15. The van der Waals surface area contributed by atoms with Gasteiger partial charge in [0.25, 0.3) is 0 Å². The van der Waals surface area contributed by atoms with Crippen molar-refractivity contribution < 1.29 is 4.42 Å². The maximum absolute atomic E-state index is 5.00. The summed E-state index contributed by atoms with van der Waals surface area (Å²) >= 11 is 0. The van der Waals surface area contributed by atoms with E-state index < -0.39 is 0 Å². The van der Waals surface area contributed by atoms with E-state index >= 15 is 0 Å². The molecule has 0 aliphatic heterocycles. The van der Waals surface area contributed by atoms with E-state index in [0.29, 0.717) is 11.8 Å². The van der Waals surface area contributed by atoms with Crippen molar-refractivity contribution in [2.45, 2.75) is 39.2 Å². The summed E-state index contributed by atoms with van der Waals surface area (Å²) in [5.41, 5.74) is 2.25. The fourth-order valence-corrected chi connectivity index (χ4v) is 1.82. The Labute approximate surface area is 95.3 Å². The zero-order valence-electron chi connectivity index (χ0n) is 9.92. The molecule has 4 heteroatoms. The highest BCUT2D eigenvalue weighted by Gasteiger charge is 2.12. The van der Waals surface area contributed by atoms with Crippen LogP contribution in [0, 0.1) is 0 Å². The first-order valence-corrected chi connectivity index (χ1v) is 5.56. The third-order valence-corrected chi connectivity index (χ3v) is 2.76. The van der Waals surface area contributed by atoms with Crippen LogP contribution in [0.5, 0.6) is 0 Å². The Balaban J connectivity index is 2.12. The highest BCUT2D eigenvalue weighted by atomic mass is 16.3. The van der Waals surface area contributed by atoms with Crippen LogP contribution in [0.3, 0.4) is 0 Å². The topological polar surface area (TPSA) is 43.9 Å². The second-order valence-corrected chi connectivity index (χ2v) is 4.44. The summed E-state index contributed by atoms with van der Waals surface area (Å²) in [6, 6.07) is 0. The van der Waals surface area contributed by atoms with Gasteiger partial charge < -0.3 is 8.98 Å². The molecule has 0 aliphatic carbocycles. The van der Waals surface area contributed by atoms with Crippen LogP contribution >= 0.6 is 0 Å². The van der Waals surface area contributed by atoms with Crippen molar-refractivity contribution in [1.29, 1.82) is 0 Å². The third-order valence-electron chi connectivity index (χ3n) is 2.76. The van der Waals surface area contributed by atoms with Gasteiger partial charge in [0, 0.05) is 24.4 Å². The summed E-state index contributed by atoms with van der Waals surface area (Å²) in [5, 5.41) is 0. The SMILES string of the molecule is CC(C)c1cncn1CC(C)c1cocn1. The van der Waals surface area contributed by atoms with Gasteiger partial charge in [-0.1, -0.05) is 20.8 Å². The van der Waals surface area contributed by atoms with Crippen molar-refractivity contribution in [3.05, 3.63) is 36.6 Å². The number of rotatable bonds is 4. The Bertz CT molecular complexity index is 431. The fourth-order valence-electron chi connectivity index (χ4n) is 1.82. The van der Waals surface area contributed by atoms with E-state index in [9.17, 15) is 0 Å². The lowest BCUT2D eigenvalue weighted by Crippen LogP contribution is -2.09. The van der Waals surface area contributed by atoms with Gasteiger partial charge in [-0.25, -0.2) is 9.97 Å². The van der Waals surface area contributed by atoms with Crippen LogP contribution in [0.4, 0.5) is 0 Å². The first kappa shape index (κ1) is 10.9. The Kier molecular flexibility index (Phi) is 3.08. The van der Waals surface area contributed by atoms with Gasteiger partial charge in [0.2, 0.25) is 0 Å². The predicted octanol–water partition coefficient (Wildman–Crippen LogP) is 2.80. The molecule has 2 aromatic heterocycles. The number of aromatic nitrogens is 3. The molecule has 1 atom stereocenters. The van der Waals surface area contributed by atoms with Crippen LogP contribution in [0.15, 0.2) is 29.6 Å². The van der Waals surface area contributed by atoms with Gasteiger partial charge in [-0.2, -0.15) is 0 Å². The lowest BCUT2D eigenvalue weighted by molar-refractivity contribution is 0.538. The summed E-state index contributed by atoms with van der Waals surface area (Å²) in [6.07, 6.45) is 6.99. The van der Waals surface area contributed by atoms with Gasteiger partial charge in [-0.15, -0.1) is 0 Å². The van der Waals surface area contributed by atoms with Gasteiger partial charge in [-0.05, 0) is 5.92 Å². The largest absolute Gasteiger partial charge is 0.451 e. The molecule has 0 aromatic carbocycles. The van der Waals surface area contributed by atoms with Gasteiger partial charge >= 0.3 is 0 Å². The Morgan fingerprint density at radius 2 is 2.19 bits per heavy atom. The molecule has 4 nitrogen and oxygen atoms in total. The van der Waals surface area contributed by atoms with Crippen LogP contribution in [-0.4, -0.2) is 14.5 Å². The number of hydrogen-bond acceptors (Lipinski definition) is 3. The predicted molar refractivity (Wildman–Crippen MR) is 61.2 cm³/mol. The molecule has 0 fully saturated rings. The van der Waals surface area contributed by atoms with Crippen LogP contribution in [-0.2, 0) is 6.54 Å². The van der Waals surface area contributed by atoms with Crippen molar-refractivity contribution in [1.82, 2.24) is 14.5 Å². The summed E-state index contributed by atoms with van der Waals surface area (Å²) in [4.78, 5) is 8.37. The van der Waals surface area contributed by atoms with Crippen LogP contribution in [0.2, 0.25) is 0 Å². The normalized spacial score (nSPS) is 13.2. The lowest BCUT2D eigenvalue weighted by atomic mass is 10.1. The zero-order chi connectivity index (χ0) is 11.5. The molecule has 2 heterocycles. The summed E-state index contributed by atoms with van der Waals surface area (Å²) in [7, 11) is 0. The number of oxazole rings is 1. The molecule has 0 amide bonds. The number of nitrogens with zero attached hydrogens (tertiary/aromatic N) is 3. The highest BCUT2D eigenvalue weighted by molar-refractivity contribution is 5.06. The minimum atomic E-state index is 0.338. The van der Waals surface area contributed by atoms with Crippen molar-refractivity contribution in [2.24, 2.45) is 0 Å². The van der Waals surface area contributed by atoms with Crippen molar-refractivity contribution in [3.63, 3.8) is 0 Å². The fraction of sp³-hybridized carbons (Fsp3) is 0.500. The van der Waals surface area contributed by atoms with Gasteiger partial charge in [0.05, 0.1) is 12.0 Å². The molecule has 0 N–H and O–H groups in total. The molecule has 0 spiro atoms. The average Bonchev–Trinajstić information content (AvgIpc) is 2.86. The monoisotopic (exact) mass is 219 g/mol. The quantitative estimate of drug-likeness (QED) is 0.794. The standard InChI is InChI=1S/C12H17N3O/c1-9(2)12-4-13-7-15(12)5-10(3)11-6-16-8-14-11/h4,6-10H,5H2,1-3H3. The molecule has 0 saturated carbocycles. The Morgan fingerprint density at radius 3 is 2.81 bits per heavy atom. The second kappa shape index (κ2) is 4.51. The van der Waals surface area contributed by atoms with Gasteiger partial charge in [0.15, 0.2) is 6.39 Å². The Morgan fingerprint density at radius 1 is 1.38 bits per heavy atom. The van der Waals surface area contributed by atoms with Crippen LogP contribution < -0.4 is 0 Å². The van der Waals surface area contributed by atoms with E-state index in [-0.39, 0.29) is 0 Å². The molecule has 1 unspecified atom stereocenters. The van der Waals surface area contributed by atoms with Gasteiger partial charge in [0.1, 0.15) is 6.26 Å². The number of imidazole rings is 1. The average molecular weight is 219 g/mol. The molecule has 0 saturated heterocycles. The maximum Gasteiger partial charge on any atom is 0.180 e. The minimum absolute atomic E-state index is 0.338. The second-order valence-electron chi connectivity index (χ2n) is 4.44. The van der Waals surface area contributed by atoms with E-state index in [1.165, 1.54) is 12.1 Å². The van der Waals surface area contributed by atoms with E-state index in [1.54, 1.807) is 6.26 Å². The van der Waals surface area contributed by atoms with Crippen molar-refractivity contribution >= 4 is 0 Å². The Hall–Kier alpha value is -1.58. The summed E-state index contributed by atoms with van der Waals surface area (Å²) in [6.45, 7) is 7.38. The molecule has 2 rings (SSSR count). The smallest absolute Gasteiger partial charge is 0.180 e. The van der Waals surface area contributed by atoms with Crippen molar-refractivity contribution in [2.75, 3.05) is 0 Å². The molecule has 0 bridgehead atoms. The summed E-state index contributed by atoms with van der Waals surface area (Å²) in [5.74, 6) is 0.831. The van der Waals surface area contributed by atoms with Crippen LogP contribution in [0.1, 0.15) is 44.0 Å².